The van der Waals surface area contributed by atoms with Crippen molar-refractivity contribution in [1.82, 2.24) is 15.3 Å². The Bertz CT molecular complexity index is 499. The summed E-state index contributed by atoms with van der Waals surface area (Å²) < 4.78 is 13.2. The molecule has 1 aromatic carbocycles. The van der Waals surface area contributed by atoms with Gasteiger partial charge in [-0.3, -0.25) is 0 Å². The molecule has 0 saturated carbocycles. The molecule has 1 atom stereocenters. The van der Waals surface area contributed by atoms with Crippen LogP contribution < -0.4 is 5.32 Å². The first-order valence-corrected chi connectivity index (χ1v) is 5.27. The number of hydrogen-bond acceptors (Lipinski definition) is 3. The number of nitrogens with zero attached hydrogens (tertiary/aromatic N) is 2. The second kappa shape index (κ2) is 4.53. The van der Waals surface area contributed by atoms with Crippen molar-refractivity contribution < 1.29 is 4.39 Å². The van der Waals surface area contributed by atoms with E-state index in [2.05, 4.69) is 22.2 Å². The predicted molar refractivity (Wildman–Crippen MR) is 61.7 cm³/mol. The first-order chi connectivity index (χ1) is 7.70. The molecule has 3 nitrogen and oxygen atoms in total. The lowest BCUT2D eigenvalue weighted by Gasteiger charge is -2.10. The highest BCUT2D eigenvalue weighted by Crippen LogP contribution is 2.17. The van der Waals surface area contributed by atoms with Crippen LogP contribution in [0.3, 0.4) is 0 Å². The summed E-state index contributed by atoms with van der Waals surface area (Å²) in [6.45, 7) is 2.06. The number of aromatic nitrogens is 2. The summed E-state index contributed by atoms with van der Waals surface area (Å²) in [5.41, 5.74) is 1.67. The van der Waals surface area contributed by atoms with E-state index in [1.807, 2.05) is 7.05 Å². The maximum atomic E-state index is 13.2. The van der Waals surface area contributed by atoms with Crippen molar-refractivity contribution >= 4 is 10.9 Å². The Balaban J connectivity index is 2.47. The fraction of sp³-hybridized carbons (Fsp3) is 0.333. The lowest BCUT2D eigenvalue weighted by atomic mass is 10.1. The summed E-state index contributed by atoms with van der Waals surface area (Å²) in [7, 11) is 1.90. The van der Waals surface area contributed by atoms with Gasteiger partial charge in [-0.2, -0.15) is 0 Å². The third-order valence-corrected chi connectivity index (χ3v) is 2.67. The van der Waals surface area contributed by atoms with Crippen molar-refractivity contribution in [2.45, 2.75) is 19.4 Å². The average molecular weight is 219 g/mol. The van der Waals surface area contributed by atoms with Gasteiger partial charge in [0.25, 0.3) is 0 Å². The molecule has 0 fully saturated rings. The van der Waals surface area contributed by atoms with Gasteiger partial charge in [-0.15, -0.1) is 0 Å². The molecule has 0 aliphatic heterocycles. The largest absolute Gasteiger partial charge is 0.317 e. The molecule has 0 saturated heterocycles. The Hall–Kier alpha value is -1.55. The number of hydrogen-bond donors (Lipinski definition) is 1. The molecule has 0 amide bonds. The second-order valence-corrected chi connectivity index (χ2v) is 3.88. The molecule has 0 aliphatic carbocycles. The molecular formula is C12H14FN3. The Morgan fingerprint density at radius 1 is 1.38 bits per heavy atom. The number of benzene rings is 1. The summed E-state index contributed by atoms with van der Waals surface area (Å²) >= 11 is 0. The van der Waals surface area contributed by atoms with Crippen molar-refractivity contribution in [3.63, 3.8) is 0 Å². The van der Waals surface area contributed by atoms with E-state index in [4.69, 9.17) is 0 Å². The molecule has 0 aliphatic rings. The zero-order chi connectivity index (χ0) is 11.5. The van der Waals surface area contributed by atoms with E-state index in [0.717, 1.165) is 23.0 Å². The molecule has 16 heavy (non-hydrogen) atoms. The maximum Gasteiger partial charge on any atom is 0.124 e. The van der Waals surface area contributed by atoms with Crippen LogP contribution in [0.4, 0.5) is 4.39 Å². The summed E-state index contributed by atoms with van der Waals surface area (Å²) in [4.78, 5) is 8.34. The van der Waals surface area contributed by atoms with Crippen LogP contribution in [-0.2, 0) is 6.42 Å². The summed E-state index contributed by atoms with van der Waals surface area (Å²) in [6.07, 6.45) is 2.29. The third kappa shape index (κ3) is 2.17. The molecule has 1 heterocycles. The Labute approximate surface area is 93.7 Å². The monoisotopic (exact) mass is 219 g/mol. The zero-order valence-electron chi connectivity index (χ0n) is 9.37. The molecule has 1 N–H and O–H groups in total. The van der Waals surface area contributed by atoms with Gasteiger partial charge in [-0.1, -0.05) is 0 Å². The lowest BCUT2D eigenvalue weighted by Crippen LogP contribution is -2.24. The van der Waals surface area contributed by atoms with Gasteiger partial charge in [0.05, 0.1) is 11.2 Å². The molecular weight excluding hydrogens is 205 g/mol. The van der Waals surface area contributed by atoms with Gasteiger partial charge in [0.15, 0.2) is 0 Å². The number of halogens is 1. The van der Waals surface area contributed by atoms with E-state index < -0.39 is 0 Å². The first kappa shape index (κ1) is 11.0. The molecule has 1 unspecified atom stereocenters. The van der Waals surface area contributed by atoms with E-state index in [1.165, 1.54) is 18.5 Å². The van der Waals surface area contributed by atoms with Crippen LogP contribution in [0, 0.1) is 5.82 Å². The van der Waals surface area contributed by atoms with E-state index in [1.54, 1.807) is 6.07 Å². The molecule has 0 spiro atoms. The summed E-state index contributed by atoms with van der Waals surface area (Å²) in [5.74, 6) is -0.249. The Kier molecular flexibility index (Phi) is 3.10. The van der Waals surface area contributed by atoms with Crippen LogP contribution in [0.2, 0.25) is 0 Å². The SMILES string of the molecule is CNC(C)Cc1ncnc2ccc(F)cc12. The van der Waals surface area contributed by atoms with Gasteiger partial charge >= 0.3 is 0 Å². The molecule has 2 rings (SSSR count). The van der Waals surface area contributed by atoms with Crippen molar-refractivity contribution in [3.8, 4) is 0 Å². The van der Waals surface area contributed by atoms with Crippen LogP contribution in [0.15, 0.2) is 24.5 Å². The van der Waals surface area contributed by atoms with Gasteiger partial charge in [0.1, 0.15) is 12.1 Å². The van der Waals surface area contributed by atoms with Gasteiger partial charge in [0.2, 0.25) is 0 Å². The summed E-state index contributed by atoms with van der Waals surface area (Å²) in [6, 6.07) is 4.90. The molecule has 0 bridgehead atoms. The van der Waals surface area contributed by atoms with Gasteiger partial charge < -0.3 is 5.32 Å². The standard InChI is InChI=1S/C12H14FN3/c1-8(14-2)5-12-10-6-9(13)3-4-11(10)15-7-16-12/h3-4,6-8,14H,5H2,1-2H3. The van der Waals surface area contributed by atoms with Crippen molar-refractivity contribution in [1.29, 1.82) is 0 Å². The van der Waals surface area contributed by atoms with Gasteiger partial charge in [-0.25, -0.2) is 14.4 Å². The summed E-state index contributed by atoms with van der Waals surface area (Å²) in [5, 5.41) is 3.93. The molecule has 2 aromatic rings. The average Bonchev–Trinajstić information content (AvgIpc) is 2.29. The van der Waals surface area contributed by atoms with Gasteiger partial charge in [0, 0.05) is 17.8 Å². The smallest absolute Gasteiger partial charge is 0.124 e. The minimum absolute atomic E-state index is 0.249. The second-order valence-electron chi connectivity index (χ2n) is 3.88. The topological polar surface area (TPSA) is 37.8 Å². The highest BCUT2D eigenvalue weighted by molar-refractivity contribution is 5.80. The van der Waals surface area contributed by atoms with Crippen LogP contribution in [0.25, 0.3) is 10.9 Å². The van der Waals surface area contributed by atoms with Crippen LogP contribution >= 0.6 is 0 Å². The zero-order valence-corrected chi connectivity index (χ0v) is 9.37. The van der Waals surface area contributed by atoms with E-state index in [-0.39, 0.29) is 5.82 Å². The van der Waals surface area contributed by atoms with Crippen molar-refractivity contribution in [3.05, 3.63) is 36.0 Å². The minimum atomic E-state index is -0.249. The number of likely N-dealkylation sites (N-methyl/N-ethyl adjacent to an activating group) is 1. The van der Waals surface area contributed by atoms with Crippen LogP contribution in [0.5, 0.6) is 0 Å². The quantitative estimate of drug-likeness (QED) is 0.857. The Morgan fingerprint density at radius 2 is 2.19 bits per heavy atom. The fourth-order valence-electron chi connectivity index (χ4n) is 1.64. The highest BCUT2D eigenvalue weighted by atomic mass is 19.1. The normalized spacial score (nSPS) is 12.9. The van der Waals surface area contributed by atoms with Crippen LogP contribution in [-0.4, -0.2) is 23.1 Å². The van der Waals surface area contributed by atoms with E-state index in [9.17, 15) is 4.39 Å². The molecule has 1 aromatic heterocycles. The number of nitrogens with one attached hydrogen (secondary N) is 1. The third-order valence-electron chi connectivity index (χ3n) is 2.67. The molecule has 84 valence electrons. The lowest BCUT2D eigenvalue weighted by molar-refractivity contribution is 0.601. The fourth-order valence-corrected chi connectivity index (χ4v) is 1.64. The van der Waals surface area contributed by atoms with Crippen molar-refractivity contribution in [2.24, 2.45) is 0 Å². The number of rotatable bonds is 3. The number of fused-ring (bicyclic) bond motifs is 1. The van der Waals surface area contributed by atoms with Crippen LogP contribution in [0.1, 0.15) is 12.6 Å². The predicted octanol–water partition coefficient (Wildman–Crippen LogP) is 1.92. The molecule has 4 heteroatoms. The van der Waals surface area contributed by atoms with E-state index >= 15 is 0 Å². The van der Waals surface area contributed by atoms with E-state index in [0.29, 0.717) is 6.04 Å². The molecule has 0 radical (unpaired) electrons. The van der Waals surface area contributed by atoms with Crippen molar-refractivity contribution in [2.75, 3.05) is 7.05 Å². The maximum absolute atomic E-state index is 13.2. The highest BCUT2D eigenvalue weighted by Gasteiger charge is 2.07. The minimum Gasteiger partial charge on any atom is -0.317 e. The van der Waals surface area contributed by atoms with Gasteiger partial charge in [-0.05, 0) is 32.2 Å². The Morgan fingerprint density at radius 3 is 2.94 bits per heavy atom. The first-order valence-electron chi connectivity index (χ1n) is 5.27.